The monoisotopic (exact) mass is 857 g/mol. The largest absolute Gasteiger partial charge is 0.354 e. The van der Waals surface area contributed by atoms with Crippen molar-refractivity contribution in [3.63, 3.8) is 0 Å². The van der Waals surface area contributed by atoms with Crippen LogP contribution >= 0.6 is 0 Å². The van der Waals surface area contributed by atoms with Gasteiger partial charge in [0.2, 0.25) is 17.7 Å². The first-order valence-electron chi connectivity index (χ1n) is 22.0. The van der Waals surface area contributed by atoms with Gasteiger partial charge in [-0.05, 0) is 72.4 Å². The van der Waals surface area contributed by atoms with Gasteiger partial charge in [0.1, 0.15) is 11.9 Å². The SMILES string of the molecule is CCCCCCNC(=O)[C@H](CNC(=O)c1ccc(C(=O)N2C[C@@H](C(=O)N[C@H]3C[C@@H]3c3ccccc3)[C@H](C(=O)N[C@H]3C[C@@H]3c3ccccc3)C2)cc1)NC(=O)NCc1ccc(F)cc1. The maximum absolute atomic E-state index is 14.0. The van der Waals surface area contributed by atoms with Crippen LogP contribution in [-0.2, 0) is 20.9 Å². The van der Waals surface area contributed by atoms with E-state index in [9.17, 15) is 33.2 Å². The summed E-state index contributed by atoms with van der Waals surface area (Å²) in [5.74, 6) is -3.35. The fourth-order valence-corrected chi connectivity index (χ4v) is 8.26. The van der Waals surface area contributed by atoms with Crippen LogP contribution in [-0.4, -0.2) is 84.8 Å². The van der Waals surface area contributed by atoms with E-state index in [2.05, 4.69) is 38.8 Å². The Morgan fingerprint density at radius 1 is 0.651 bits per heavy atom. The normalized spacial score (nSPS) is 21.3. The summed E-state index contributed by atoms with van der Waals surface area (Å²) < 4.78 is 13.3. The molecule has 2 saturated carbocycles. The first-order chi connectivity index (χ1) is 30.6. The van der Waals surface area contributed by atoms with Crippen molar-refractivity contribution in [1.82, 2.24) is 36.8 Å². The van der Waals surface area contributed by atoms with Gasteiger partial charge in [-0.25, -0.2) is 9.18 Å². The second-order valence-corrected chi connectivity index (χ2v) is 16.8. The lowest BCUT2D eigenvalue weighted by Gasteiger charge is -2.20. The summed E-state index contributed by atoms with van der Waals surface area (Å²) in [6, 6.07) is 29.8. The maximum Gasteiger partial charge on any atom is 0.315 e. The van der Waals surface area contributed by atoms with Crippen molar-refractivity contribution in [3.05, 3.63) is 143 Å². The zero-order valence-electron chi connectivity index (χ0n) is 35.5. The lowest BCUT2D eigenvalue weighted by molar-refractivity contribution is -0.133. The molecule has 13 nitrogen and oxygen atoms in total. The van der Waals surface area contributed by atoms with E-state index in [4.69, 9.17) is 0 Å². The number of nitrogens with zero attached hydrogens (tertiary/aromatic N) is 1. The lowest BCUT2D eigenvalue weighted by Crippen LogP contribution is -2.54. The van der Waals surface area contributed by atoms with E-state index in [1.54, 1.807) is 12.1 Å². The fraction of sp³-hybridized carbons (Fsp3) is 0.388. The summed E-state index contributed by atoms with van der Waals surface area (Å²) in [4.78, 5) is 82.5. The molecular formula is C49H56FN7O6. The number of benzene rings is 4. The molecule has 1 heterocycles. The van der Waals surface area contributed by atoms with E-state index in [1.165, 1.54) is 41.3 Å². The van der Waals surface area contributed by atoms with Crippen LogP contribution in [0.3, 0.4) is 0 Å². The number of nitrogens with one attached hydrogen (secondary N) is 6. The highest BCUT2D eigenvalue weighted by Crippen LogP contribution is 2.42. The van der Waals surface area contributed by atoms with Crippen LogP contribution < -0.4 is 31.9 Å². The molecule has 330 valence electrons. The minimum absolute atomic E-state index is 0.0427. The van der Waals surface area contributed by atoms with Crippen LogP contribution in [0, 0.1) is 17.7 Å². The predicted octanol–water partition coefficient (Wildman–Crippen LogP) is 5.15. The van der Waals surface area contributed by atoms with Gasteiger partial charge in [-0.3, -0.25) is 24.0 Å². The van der Waals surface area contributed by atoms with Gasteiger partial charge in [0, 0.05) is 67.8 Å². The zero-order valence-corrected chi connectivity index (χ0v) is 35.5. The van der Waals surface area contributed by atoms with Crippen LogP contribution in [0.25, 0.3) is 0 Å². The van der Waals surface area contributed by atoms with Crippen molar-refractivity contribution in [2.75, 3.05) is 26.2 Å². The quantitative estimate of drug-likeness (QED) is 0.0711. The molecule has 0 bridgehead atoms. The number of carbonyl (C=O) groups is 6. The third-order valence-electron chi connectivity index (χ3n) is 12.2. The molecule has 3 aliphatic rings. The summed E-state index contributed by atoms with van der Waals surface area (Å²) in [6.07, 6.45) is 5.39. The Labute approximate surface area is 367 Å². The number of urea groups is 1. The number of rotatable bonds is 19. The molecule has 14 heteroatoms. The molecule has 1 aliphatic heterocycles. The summed E-state index contributed by atoms with van der Waals surface area (Å²) in [7, 11) is 0. The Balaban J connectivity index is 0.961. The minimum atomic E-state index is -1.10. The summed E-state index contributed by atoms with van der Waals surface area (Å²) in [5, 5.41) is 17.1. The van der Waals surface area contributed by atoms with Gasteiger partial charge < -0.3 is 36.8 Å². The van der Waals surface area contributed by atoms with Crippen LogP contribution in [0.2, 0.25) is 0 Å². The van der Waals surface area contributed by atoms with Crippen molar-refractivity contribution >= 4 is 35.6 Å². The molecule has 6 N–H and O–H groups in total. The Bertz CT molecular complexity index is 2150. The molecule has 0 spiro atoms. The zero-order chi connectivity index (χ0) is 44.3. The molecule has 63 heavy (non-hydrogen) atoms. The van der Waals surface area contributed by atoms with E-state index >= 15 is 0 Å². The van der Waals surface area contributed by atoms with Crippen molar-refractivity contribution in [3.8, 4) is 0 Å². The Morgan fingerprint density at radius 2 is 1.21 bits per heavy atom. The van der Waals surface area contributed by atoms with Gasteiger partial charge in [-0.15, -0.1) is 0 Å². The molecule has 2 aliphatic carbocycles. The molecule has 0 unspecified atom stereocenters. The fourth-order valence-electron chi connectivity index (χ4n) is 8.26. The standard InChI is InChI=1S/C49H56FN7O6/c1-2-3-4-11-24-51-47(61)43(56-49(63)53-27-31-16-22-36(50)23-17-31)28-52-44(58)34-18-20-35(21-19-34)48(62)57-29-39(45(59)54-41-25-37(41)32-12-7-5-8-13-32)40(30-57)46(60)55-42-26-38(42)33-14-9-6-10-15-33/h5-10,12-23,37-43H,2-4,11,24-30H2,1H3,(H,51,61)(H,52,58)(H,54,59)(H,55,60)(H2,53,56,63)/t37-,38-,39-,40-,41+,42+,43+/m1/s1. The molecule has 0 radical (unpaired) electrons. The highest BCUT2D eigenvalue weighted by atomic mass is 19.1. The molecule has 4 aromatic rings. The first-order valence-corrected chi connectivity index (χ1v) is 22.0. The third kappa shape index (κ3) is 12.1. The Kier molecular flexibility index (Phi) is 14.8. The molecule has 7 atom stereocenters. The molecule has 0 aromatic heterocycles. The van der Waals surface area contributed by atoms with Gasteiger partial charge in [-0.2, -0.15) is 0 Å². The number of carbonyl (C=O) groups excluding carboxylic acids is 6. The highest BCUT2D eigenvalue weighted by Gasteiger charge is 2.49. The predicted molar refractivity (Wildman–Crippen MR) is 236 cm³/mol. The molecular weight excluding hydrogens is 802 g/mol. The van der Waals surface area contributed by atoms with E-state index < -0.39 is 41.5 Å². The van der Waals surface area contributed by atoms with Crippen LogP contribution in [0.4, 0.5) is 9.18 Å². The van der Waals surface area contributed by atoms with Gasteiger partial charge in [0.15, 0.2) is 0 Å². The van der Waals surface area contributed by atoms with Crippen LogP contribution in [0.5, 0.6) is 0 Å². The van der Waals surface area contributed by atoms with Crippen molar-refractivity contribution < 1.29 is 33.2 Å². The number of hydrogen-bond acceptors (Lipinski definition) is 6. The maximum atomic E-state index is 14.0. The third-order valence-corrected chi connectivity index (χ3v) is 12.2. The van der Waals surface area contributed by atoms with E-state index in [0.717, 1.165) is 49.7 Å². The molecule has 4 aromatic carbocycles. The van der Waals surface area contributed by atoms with Gasteiger partial charge in [0.05, 0.1) is 11.8 Å². The number of hydrogen-bond donors (Lipinski definition) is 6. The summed E-state index contributed by atoms with van der Waals surface area (Å²) in [5.41, 5.74) is 3.46. The average molecular weight is 858 g/mol. The van der Waals surface area contributed by atoms with Crippen molar-refractivity contribution in [2.24, 2.45) is 11.8 Å². The van der Waals surface area contributed by atoms with Crippen LogP contribution in [0.1, 0.15) is 94.7 Å². The Morgan fingerprint density at radius 3 is 1.76 bits per heavy atom. The van der Waals surface area contributed by atoms with Gasteiger partial charge >= 0.3 is 6.03 Å². The van der Waals surface area contributed by atoms with E-state index in [0.29, 0.717) is 12.1 Å². The second-order valence-electron chi connectivity index (χ2n) is 16.8. The summed E-state index contributed by atoms with van der Waals surface area (Å²) >= 11 is 0. The number of unbranched alkanes of at least 4 members (excludes halogenated alkanes) is 3. The minimum Gasteiger partial charge on any atom is -0.354 e. The van der Waals surface area contributed by atoms with Crippen molar-refractivity contribution in [1.29, 1.82) is 0 Å². The van der Waals surface area contributed by atoms with E-state index in [1.807, 2.05) is 60.7 Å². The first kappa shape index (κ1) is 44.5. The second kappa shape index (κ2) is 21.0. The van der Waals surface area contributed by atoms with Crippen molar-refractivity contribution in [2.45, 2.75) is 82.0 Å². The topological polar surface area (TPSA) is 178 Å². The summed E-state index contributed by atoms with van der Waals surface area (Å²) in [6.45, 7) is 2.51. The molecule has 7 rings (SSSR count). The average Bonchev–Trinajstić information content (AvgIpc) is 4.22. The van der Waals surface area contributed by atoms with Gasteiger partial charge in [0.25, 0.3) is 11.8 Å². The van der Waals surface area contributed by atoms with E-state index in [-0.39, 0.29) is 78.9 Å². The molecule has 7 amide bonds. The number of amides is 7. The lowest BCUT2D eigenvalue weighted by atomic mass is 9.94. The Hall–Kier alpha value is -6.57. The number of likely N-dealkylation sites (tertiary alicyclic amines) is 1. The van der Waals surface area contributed by atoms with Crippen LogP contribution in [0.15, 0.2) is 109 Å². The smallest absolute Gasteiger partial charge is 0.315 e. The van der Waals surface area contributed by atoms with Gasteiger partial charge in [-0.1, -0.05) is 99.0 Å². The molecule has 3 fully saturated rings. The highest BCUT2D eigenvalue weighted by molar-refractivity contribution is 5.99. The number of halogens is 1. The molecule has 1 saturated heterocycles.